The first-order chi connectivity index (χ1) is 12.6. The zero-order valence-corrected chi connectivity index (χ0v) is 15.7. The zero-order chi connectivity index (χ0) is 18.7. The van der Waals surface area contributed by atoms with E-state index >= 15 is 0 Å². The maximum Gasteiger partial charge on any atom is 0.322 e. The molecule has 0 radical (unpaired) electrons. The number of benzene rings is 1. The normalized spacial score (nSPS) is 27.0. The summed E-state index contributed by atoms with van der Waals surface area (Å²) in [5.41, 5.74) is 0.712. The van der Waals surface area contributed by atoms with Crippen LogP contribution >= 0.6 is 0 Å². The van der Waals surface area contributed by atoms with E-state index in [1.165, 1.54) is 17.5 Å². The van der Waals surface area contributed by atoms with E-state index in [2.05, 4.69) is 30.1 Å². The van der Waals surface area contributed by atoms with Crippen LogP contribution in [0.3, 0.4) is 0 Å². The Labute approximate surface area is 154 Å². The van der Waals surface area contributed by atoms with E-state index < -0.39 is 5.60 Å². The predicted octanol–water partition coefficient (Wildman–Crippen LogP) is 0.925. The predicted molar refractivity (Wildman–Crippen MR) is 101 cm³/mol. The van der Waals surface area contributed by atoms with Gasteiger partial charge in [0.1, 0.15) is 11.8 Å². The molecule has 140 valence electrons. The Morgan fingerprint density at radius 3 is 2.85 bits per heavy atom. The molecule has 0 spiro atoms. The fourth-order valence-corrected chi connectivity index (χ4v) is 4.16. The lowest BCUT2D eigenvalue weighted by molar-refractivity contribution is -0.143. The quantitative estimate of drug-likeness (QED) is 0.606. The smallest absolute Gasteiger partial charge is 0.322 e. The van der Waals surface area contributed by atoms with Crippen molar-refractivity contribution >= 4 is 18.1 Å². The van der Waals surface area contributed by atoms with Crippen LogP contribution in [0.4, 0.5) is 0 Å². The summed E-state index contributed by atoms with van der Waals surface area (Å²) in [5.74, 6) is 0.799. The molecule has 26 heavy (non-hydrogen) atoms. The second-order valence-electron chi connectivity index (χ2n) is 6.88. The third-order valence-corrected chi connectivity index (χ3v) is 5.64. The highest BCUT2D eigenvalue weighted by molar-refractivity contribution is 5.76. The molecule has 1 N–H and O–H groups in total. The second kappa shape index (κ2) is 7.64. The van der Waals surface area contributed by atoms with Crippen molar-refractivity contribution in [1.82, 2.24) is 5.32 Å². The summed E-state index contributed by atoms with van der Waals surface area (Å²) in [4.78, 5) is 11.9. The molecule has 5 nitrogen and oxygen atoms in total. The number of nitrogens with one attached hydrogen (secondary N) is 1. The molecule has 1 aromatic carbocycles. The van der Waals surface area contributed by atoms with Crippen molar-refractivity contribution in [2.24, 2.45) is 5.92 Å². The maximum absolute atomic E-state index is 11.9. The van der Waals surface area contributed by atoms with Gasteiger partial charge in [0.2, 0.25) is 0 Å². The van der Waals surface area contributed by atoms with Gasteiger partial charge in [-0.25, -0.2) is 0 Å². The van der Waals surface area contributed by atoms with Crippen molar-refractivity contribution in [1.29, 1.82) is 0 Å². The van der Waals surface area contributed by atoms with Gasteiger partial charge in [-0.05, 0) is 29.3 Å². The number of carbonyl (C=O) groups is 1. The van der Waals surface area contributed by atoms with Gasteiger partial charge in [0, 0.05) is 31.6 Å². The Hall–Kier alpha value is -2.11. The summed E-state index contributed by atoms with van der Waals surface area (Å²) < 4.78 is 16.4. The molecular formula is C21H27NO4. The molecule has 1 aromatic rings. The van der Waals surface area contributed by atoms with Crippen molar-refractivity contribution in [3.05, 3.63) is 40.8 Å². The Kier molecular flexibility index (Phi) is 5.49. The number of rotatable bonds is 6. The summed E-state index contributed by atoms with van der Waals surface area (Å²) in [6.45, 7) is 4.50. The van der Waals surface area contributed by atoms with Crippen LogP contribution < -0.4 is 20.5 Å². The highest BCUT2D eigenvalue weighted by atomic mass is 16.5. The van der Waals surface area contributed by atoms with Crippen LogP contribution in [0.15, 0.2) is 24.8 Å². The summed E-state index contributed by atoms with van der Waals surface area (Å²) >= 11 is 0. The van der Waals surface area contributed by atoms with Gasteiger partial charge in [0.25, 0.3) is 0 Å². The number of carbonyl (C=O) groups excluding carboxylic acids is 1. The third kappa shape index (κ3) is 3.17. The number of hydrogen-bond acceptors (Lipinski definition) is 5. The van der Waals surface area contributed by atoms with E-state index in [4.69, 9.17) is 14.2 Å². The standard InChI is InChI=1S/C21H27NO4/c1-5-6-16-17-11-15(9-7-14(17)8-10-19(16)24-2)21(26-4)12-18(22-13-21)20(23)25-3/h5,7-8,10-11,15,18,22H,1,6,9,12-13H2,2-4H3/t15?,18-,21-/m0/s1. The van der Waals surface area contributed by atoms with Gasteiger partial charge >= 0.3 is 5.97 Å². The molecule has 1 fully saturated rings. The van der Waals surface area contributed by atoms with Crippen LogP contribution in [0.5, 0.6) is 5.75 Å². The number of hydrogen-bond donors (Lipinski definition) is 1. The molecule has 1 unspecified atom stereocenters. The van der Waals surface area contributed by atoms with Crippen molar-refractivity contribution in [2.45, 2.75) is 30.9 Å². The number of fused-ring (bicyclic) bond motifs is 1. The van der Waals surface area contributed by atoms with Crippen LogP contribution in [0.2, 0.25) is 0 Å². The minimum atomic E-state index is -0.429. The van der Waals surface area contributed by atoms with Crippen LogP contribution in [0.25, 0.3) is 12.2 Å². The highest BCUT2D eigenvalue weighted by Gasteiger charge is 2.47. The molecule has 0 saturated carbocycles. The molecule has 1 aliphatic heterocycles. The lowest BCUT2D eigenvalue weighted by Gasteiger charge is -2.35. The Balaban J connectivity index is 2.02. The molecule has 3 atom stereocenters. The molecule has 0 aromatic heterocycles. The molecule has 5 heteroatoms. The van der Waals surface area contributed by atoms with Gasteiger partial charge in [-0.2, -0.15) is 0 Å². The molecule has 0 amide bonds. The lowest BCUT2D eigenvalue weighted by atomic mass is 9.79. The van der Waals surface area contributed by atoms with E-state index in [1.807, 2.05) is 12.1 Å². The van der Waals surface area contributed by atoms with E-state index in [1.54, 1.807) is 14.2 Å². The Bertz CT molecular complexity index is 816. The van der Waals surface area contributed by atoms with Crippen molar-refractivity contribution in [3.8, 4) is 5.75 Å². The number of allylic oxidation sites excluding steroid dienone is 1. The molecule has 1 saturated heterocycles. The topological polar surface area (TPSA) is 56.8 Å². The zero-order valence-electron chi connectivity index (χ0n) is 15.7. The van der Waals surface area contributed by atoms with E-state index in [0.717, 1.165) is 24.2 Å². The van der Waals surface area contributed by atoms with Gasteiger partial charge in [0.05, 0.1) is 19.8 Å². The van der Waals surface area contributed by atoms with Gasteiger partial charge in [-0.15, -0.1) is 6.58 Å². The van der Waals surface area contributed by atoms with Crippen LogP contribution in [0, 0.1) is 5.92 Å². The fraction of sp³-hybridized carbons (Fsp3) is 0.476. The first kappa shape index (κ1) is 18.7. The van der Waals surface area contributed by atoms with Crippen molar-refractivity contribution in [3.63, 3.8) is 0 Å². The Morgan fingerprint density at radius 1 is 1.38 bits per heavy atom. The minimum Gasteiger partial charge on any atom is -0.496 e. The molecular weight excluding hydrogens is 330 g/mol. The number of methoxy groups -OCH3 is 3. The second-order valence-corrected chi connectivity index (χ2v) is 6.88. The monoisotopic (exact) mass is 357 g/mol. The van der Waals surface area contributed by atoms with Gasteiger partial charge < -0.3 is 19.5 Å². The van der Waals surface area contributed by atoms with Crippen molar-refractivity contribution < 1.29 is 19.0 Å². The average molecular weight is 357 g/mol. The van der Waals surface area contributed by atoms with Gasteiger partial charge in [0.15, 0.2) is 0 Å². The largest absolute Gasteiger partial charge is 0.496 e. The van der Waals surface area contributed by atoms with E-state index in [0.29, 0.717) is 13.0 Å². The Morgan fingerprint density at radius 2 is 2.19 bits per heavy atom. The number of esters is 1. The maximum atomic E-state index is 11.9. The van der Waals surface area contributed by atoms with E-state index in [-0.39, 0.29) is 17.9 Å². The van der Waals surface area contributed by atoms with Crippen molar-refractivity contribution in [2.75, 3.05) is 27.9 Å². The molecule has 0 bridgehead atoms. The average Bonchev–Trinajstić information content (AvgIpc) is 3.13. The fourth-order valence-electron chi connectivity index (χ4n) is 4.16. The van der Waals surface area contributed by atoms with E-state index in [9.17, 15) is 4.79 Å². The van der Waals surface area contributed by atoms with Crippen LogP contribution in [0.1, 0.15) is 18.4 Å². The van der Waals surface area contributed by atoms with Crippen LogP contribution in [-0.4, -0.2) is 45.5 Å². The number of ether oxygens (including phenoxy) is 3. The lowest BCUT2D eigenvalue weighted by Crippen LogP contribution is -2.45. The first-order valence-electron chi connectivity index (χ1n) is 8.93. The summed E-state index contributed by atoms with van der Waals surface area (Å²) in [7, 11) is 4.83. The molecule has 2 aliphatic rings. The summed E-state index contributed by atoms with van der Waals surface area (Å²) in [6, 6.07) is 3.78. The van der Waals surface area contributed by atoms with Crippen LogP contribution in [-0.2, 0) is 20.7 Å². The van der Waals surface area contributed by atoms with Gasteiger partial charge in [-0.3, -0.25) is 4.79 Å². The third-order valence-electron chi connectivity index (χ3n) is 5.64. The minimum absolute atomic E-state index is 0.165. The SMILES string of the molecule is C=CCc1c(OC)ccc2c1=CC([C@@]1(OC)CN[C@H](C(=O)OC)C1)CC=2. The summed E-state index contributed by atoms with van der Waals surface area (Å²) in [5, 5.41) is 5.65. The first-order valence-corrected chi connectivity index (χ1v) is 8.93. The molecule has 1 heterocycles. The highest BCUT2D eigenvalue weighted by Crippen LogP contribution is 2.36. The molecule has 3 rings (SSSR count). The van der Waals surface area contributed by atoms with Gasteiger partial charge in [-0.1, -0.05) is 24.3 Å². The molecule has 1 aliphatic carbocycles. The summed E-state index contributed by atoms with van der Waals surface area (Å²) in [6.07, 6.45) is 8.63.